The van der Waals surface area contributed by atoms with E-state index in [1.54, 1.807) is 0 Å². The Morgan fingerprint density at radius 1 is 0.657 bits per heavy atom. The number of carbonyl (C=O) groups is 2. The zero-order valence-electron chi connectivity index (χ0n) is 23.4. The molecule has 0 N–H and O–H groups in total. The summed E-state index contributed by atoms with van der Waals surface area (Å²) < 4.78 is 14.9. The first-order valence-corrected chi connectivity index (χ1v) is 14.7. The summed E-state index contributed by atoms with van der Waals surface area (Å²) in [4.78, 5) is 28.5. The number of rotatable bonds is 5. The lowest BCUT2D eigenvalue weighted by Gasteiger charge is -2.27. The van der Waals surface area contributed by atoms with Gasteiger partial charge >= 0.3 is 0 Å². The molecule has 1 aliphatic rings. The van der Waals surface area contributed by atoms with Crippen LogP contribution in [0.1, 0.15) is 121 Å². The van der Waals surface area contributed by atoms with E-state index in [9.17, 15) is 14.2 Å². The summed E-state index contributed by atoms with van der Waals surface area (Å²) in [5.74, 6) is 0. The Bertz CT molecular complexity index is 1080. The standard InChI is InChI=1S/C31H43O3P/c1-19-15-23(30(5,6)7)16-20(2)26(19)28(32)35(34,25-13-11-12-14-25)29(33)27-21(3)17-24(18-22(27)4)31(8,9)10/h15-18,25H,11-14H2,1-10H3. The monoisotopic (exact) mass is 494 g/mol. The summed E-state index contributed by atoms with van der Waals surface area (Å²) in [5.41, 5.74) is 5.07. The molecule has 3 nitrogen and oxygen atoms in total. The zero-order valence-corrected chi connectivity index (χ0v) is 24.3. The van der Waals surface area contributed by atoms with Crippen LogP contribution in [0.3, 0.4) is 0 Å². The number of hydrogen-bond acceptors (Lipinski definition) is 3. The normalized spacial score (nSPS) is 15.5. The van der Waals surface area contributed by atoms with Gasteiger partial charge in [0.1, 0.15) is 0 Å². The van der Waals surface area contributed by atoms with Gasteiger partial charge in [0.2, 0.25) is 18.2 Å². The molecule has 0 aromatic heterocycles. The topological polar surface area (TPSA) is 51.2 Å². The van der Waals surface area contributed by atoms with E-state index in [0.717, 1.165) is 46.2 Å². The van der Waals surface area contributed by atoms with Crippen molar-refractivity contribution >= 4 is 18.2 Å². The van der Waals surface area contributed by atoms with Crippen molar-refractivity contribution in [1.29, 1.82) is 0 Å². The molecule has 0 amide bonds. The summed E-state index contributed by atoms with van der Waals surface area (Å²) in [6.45, 7) is 20.5. The van der Waals surface area contributed by atoms with Gasteiger partial charge in [-0.1, -0.05) is 78.6 Å². The smallest absolute Gasteiger partial charge is 0.229 e. The summed E-state index contributed by atoms with van der Waals surface area (Å²) >= 11 is 0. The lowest BCUT2D eigenvalue weighted by Crippen LogP contribution is -2.23. The van der Waals surface area contributed by atoms with Crippen LogP contribution in [0.15, 0.2) is 24.3 Å². The van der Waals surface area contributed by atoms with Crippen molar-refractivity contribution in [1.82, 2.24) is 0 Å². The number of benzene rings is 2. The lowest BCUT2D eigenvalue weighted by atomic mass is 9.84. The van der Waals surface area contributed by atoms with Crippen molar-refractivity contribution in [2.45, 2.75) is 111 Å². The fraction of sp³-hybridized carbons (Fsp3) is 0.548. The predicted molar refractivity (Wildman–Crippen MR) is 148 cm³/mol. The van der Waals surface area contributed by atoms with Gasteiger partial charge in [-0.15, -0.1) is 0 Å². The molecule has 3 rings (SSSR count). The van der Waals surface area contributed by atoms with E-state index in [-0.39, 0.29) is 16.5 Å². The molecule has 2 aromatic carbocycles. The largest absolute Gasteiger partial charge is 0.306 e. The molecule has 0 heterocycles. The molecular formula is C31H43O3P. The van der Waals surface area contributed by atoms with Crippen molar-refractivity contribution < 1.29 is 14.2 Å². The minimum atomic E-state index is -3.89. The van der Waals surface area contributed by atoms with E-state index >= 15 is 0 Å². The summed E-state index contributed by atoms with van der Waals surface area (Å²) in [6, 6.07) is 8.10. The van der Waals surface area contributed by atoms with Gasteiger partial charge in [-0.05, 0) is 84.7 Å². The van der Waals surface area contributed by atoms with E-state index in [1.165, 1.54) is 0 Å². The van der Waals surface area contributed by atoms with Gasteiger partial charge in [0, 0.05) is 16.8 Å². The van der Waals surface area contributed by atoms with E-state index in [2.05, 4.69) is 41.5 Å². The molecule has 190 valence electrons. The Kier molecular flexibility index (Phi) is 7.47. The van der Waals surface area contributed by atoms with Gasteiger partial charge in [0.15, 0.2) is 0 Å². The second-order valence-corrected chi connectivity index (χ2v) is 15.5. The highest BCUT2D eigenvalue weighted by atomic mass is 31.2. The molecule has 1 aliphatic carbocycles. The van der Waals surface area contributed by atoms with E-state index in [0.29, 0.717) is 24.0 Å². The molecule has 1 saturated carbocycles. The van der Waals surface area contributed by atoms with Crippen molar-refractivity contribution in [3.05, 3.63) is 68.8 Å². The molecule has 0 spiro atoms. The highest BCUT2D eigenvalue weighted by Crippen LogP contribution is 2.61. The first-order chi connectivity index (χ1) is 16.0. The maximum absolute atomic E-state index is 14.9. The minimum absolute atomic E-state index is 0.0644. The molecule has 1 fully saturated rings. The molecule has 0 saturated heterocycles. The van der Waals surface area contributed by atoms with Gasteiger partial charge in [-0.3, -0.25) is 9.59 Å². The molecule has 0 aliphatic heterocycles. The van der Waals surface area contributed by atoms with Crippen LogP contribution in [0.2, 0.25) is 0 Å². The summed E-state index contributed by atoms with van der Waals surface area (Å²) in [5, 5.41) is 0. The van der Waals surface area contributed by atoms with Gasteiger partial charge in [0.25, 0.3) is 0 Å². The molecular weight excluding hydrogens is 451 g/mol. The van der Waals surface area contributed by atoms with E-state index < -0.39 is 18.2 Å². The van der Waals surface area contributed by atoms with Gasteiger partial charge in [-0.2, -0.15) is 0 Å². The van der Waals surface area contributed by atoms with Crippen molar-refractivity contribution in [3.63, 3.8) is 0 Å². The molecule has 0 radical (unpaired) electrons. The maximum Gasteiger partial charge on any atom is 0.229 e. The Balaban J connectivity index is 2.20. The second-order valence-electron chi connectivity index (χ2n) is 12.7. The first kappa shape index (κ1) is 27.6. The fourth-order valence-corrected chi connectivity index (χ4v) is 8.80. The summed E-state index contributed by atoms with van der Waals surface area (Å²) in [6.07, 6.45) is 3.17. The van der Waals surface area contributed by atoms with Crippen LogP contribution in [0.25, 0.3) is 0 Å². The molecule has 0 atom stereocenters. The third-order valence-electron chi connectivity index (χ3n) is 7.67. The highest BCUT2D eigenvalue weighted by Gasteiger charge is 2.49. The van der Waals surface area contributed by atoms with Crippen molar-refractivity contribution in [2.75, 3.05) is 0 Å². The van der Waals surface area contributed by atoms with Crippen LogP contribution in [0.4, 0.5) is 0 Å². The Morgan fingerprint density at radius 3 is 1.20 bits per heavy atom. The van der Waals surface area contributed by atoms with Crippen molar-refractivity contribution in [3.8, 4) is 0 Å². The Labute approximate surface area is 212 Å². The summed E-state index contributed by atoms with van der Waals surface area (Å²) in [7, 11) is -3.89. The first-order valence-electron chi connectivity index (χ1n) is 12.9. The van der Waals surface area contributed by atoms with Crippen LogP contribution in [-0.2, 0) is 15.4 Å². The van der Waals surface area contributed by atoms with E-state index in [1.807, 2.05) is 52.0 Å². The lowest BCUT2D eigenvalue weighted by molar-refractivity contribution is 0.103. The number of carbonyl (C=O) groups excluding carboxylic acids is 2. The second kappa shape index (κ2) is 9.47. The molecule has 4 heteroatoms. The average molecular weight is 495 g/mol. The van der Waals surface area contributed by atoms with Gasteiger partial charge in [-0.25, -0.2) is 0 Å². The van der Waals surface area contributed by atoms with E-state index in [4.69, 9.17) is 0 Å². The number of aryl methyl sites for hydroxylation is 4. The number of hydrogen-bond donors (Lipinski definition) is 0. The van der Waals surface area contributed by atoms with Crippen LogP contribution in [-0.4, -0.2) is 16.7 Å². The molecule has 0 bridgehead atoms. The highest BCUT2D eigenvalue weighted by molar-refractivity contribution is 7.96. The maximum atomic E-state index is 14.9. The van der Waals surface area contributed by atoms with Crippen LogP contribution in [0, 0.1) is 27.7 Å². The van der Waals surface area contributed by atoms with Crippen LogP contribution >= 0.6 is 7.14 Å². The van der Waals surface area contributed by atoms with Crippen LogP contribution in [0.5, 0.6) is 0 Å². The zero-order chi connectivity index (χ0) is 26.5. The van der Waals surface area contributed by atoms with Gasteiger partial charge < -0.3 is 4.57 Å². The Hall–Kier alpha value is -1.99. The molecule has 2 aromatic rings. The third kappa shape index (κ3) is 5.12. The third-order valence-corrected chi connectivity index (χ3v) is 10.9. The quantitative estimate of drug-likeness (QED) is 0.390. The molecule has 0 unspecified atom stereocenters. The fourth-order valence-electron chi connectivity index (χ4n) is 5.49. The molecule has 35 heavy (non-hydrogen) atoms. The SMILES string of the molecule is Cc1cc(C(C)(C)C)cc(C)c1C(=O)P(=O)(C(=O)c1c(C)cc(C(C)(C)C)cc1C)C1CCCC1. The van der Waals surface area contributed by atoms with Gasteiger partial charge in [0.05, 0.1) is 0 Å². The predicted octanol–water partition coefficient (Wildman–Crippen LogP) is 8.80. The minimum Gasteiger partial charge on any atom is -0.306 e. The average Bonchev–Trinajstić information content (AvgIpc) is 3.25. The Morgan fingerprint density at radius 2 is 0.943 bits per heavy atom. The van der Waals surface area contributed by atoms with Crippen LogP contribution < -0.4 is 0 Å². The van der Waals surface area contributed by atoms with Crippen molar-refractivity contribution in [2.24, 2.45) is 0 Å².